The second-order valence-electron chi connectivity index (χ2n) is 6.34. The van der Waals surface area contributed by atoms with E-state index in [1.165, 1.54) is 0 Å². The van der Waals surface area contributed by atoms with Gasteiger partial charge in [-0.3, -0.25) is 9.59 Å². The van der Waals surface area contributed by atoms with E-state index in [-0.39, 0.29) is 18.4 Å². The molecule has 26 heavy (non-hydrogen) atoms. The highest BCUT2D eigenvalue weighted by Gasteiger charge is 2.25. The zero-order chi connectivity index (χ0) is 17.9. The van der Waals surface area contributed by atoms with Gasteiger partial charge in [-0.05, 0) is 29.8 Å². The Bertz CT molecular complexity index is 830. The van der Waals surface area contributed by atoms with Gasteiger partial charge in [0.15, 0.2) is 6.61 Å². The van der Waals surface area contributed by atoms with E-state index in [0.29, 0.717) is 44.2 Å². The standard InChI is InChI=1S/C20H20N2O4/c23-19-14-26-18-7-2-1-6-17(18)22(19)13-15-4-3-5-16(12-15)20(24)21-8-10-25-11-9-21/h1-7,12H,8-11,13-14H2. The fraction of sp³-hybridized carbons (Fsp3) is 0.300. The fourth-order valence-electron chi connectivity index (χ4n) is 3.26. The summed E-state index contributed by atoms with van der Waals surface area (Å²) >= 11 is 0. The van der Waals surface area contributed by atoms with E-state index < -0.39 is 0 Å². The normalized spacial score (nSPS) is 16.8. The third kappa shape index (κ3) is 3.28. The molecule has 2 aliphatic rings. The minimum Gasteiger partial charge on any atom is -0.482 e. The van der Waals surface area contributed by atoms with Crippen LogP contribution in [0.4, 0.5) is 5.69 Å². The van der Waals surface area contributed by atoms with Crippen molar-refractivity contribution in [2.45, 2.75) is 6.54 Å². The Hall–Kier alpha value is -2.86. The van der Waals surface area contributed by atoms with Crippen LogP contribution in [0.25, 0.3) is 0 Å². The molecule has 2 aromatic carbocycles. The van der Waals surface area contributed by atoms with E-state index in [4.69, 9.17) is 9.47 Å². The highest BCUT2D eigenvalue weighted by molar-refractivity contribution is 5.98. The zero-order valence-corrected chi connectivity index (χ0v) is 14.4. The topological polar surface area (TPSA) is 59.1 Å². The lowest BCUT2D eigenvalue weighted by atomic mass is 10.1. The monoisotopic (exact) mass is 352 g/mol. The van der Waals surface area contributed by atoms with Crippen LogP contribution in [-0.4, -0.2) is 49.6 Å². The van der Waals surface area contributed by atoms with Gasteiger partial charge in [0.2, 0.25) is 0 Å². The number of fused-ring (bicyclic) bond motifs is 1. The van der Waals surface area contributed by atoms with Gasteiger partial charge in [-0.1, -0.05) is 24.3 Å². The minimum absolute atomic E-state index is 0.00357. The molecule has 4 rings (SSSR count). The number of rotatable bonds is 3. The van der Waals surface area contributed by atoms with Crippen molar-refractivity contribution in [2.24, 2.45) is 0 Å². The summed E-state index contributed by atoms with van der Waals surface area (Å²) in [6, 6.07) is 15.0. The molecular formula is C20H20N2O4. The van der Waals surface area contributed by atoms with Crippen molar-refractivity contribution in [2.75, 3.05) is 37.8 Å². The van der Waals surface area contributed by atoms with Crippen LogP contribution in [0.2, 0.25) is 0 Å². The number of ether oxygens (including phenoxy) is 2. The maximum absolute atomic E-state index is 12.7. The van der Waals surface area contributed by atoms with Gasteiger partial charge in [0.05, 0.1) is 25.4 Å². The number of para-hydroxylation sites is 2. The largest absolute Gasteiger partial charge is 0.482 e. The molecule has 2 aliphatic heterocycles. The van der Waals surface area contributed by atoms with Crippen LogP contribution in [0.1, 0.15) is 15.9 Å². The van der Waals surface area contributed by atoms with Gasteiger partial charge in [-0.15, -0.1) is 0 Å². The second-order valence-corrected chi connectivity index (χ2v) is 6.34. The number of anilines is 1. The van der Waals surface area contributed by atoms with Crippen molar-refractivity contribution in [1.29, 1.82) is 0 Å². The summed E-state index contributed by atoms with van der Waals surface area (Å²) in [6.45, 7) is 2.80. The van der Waals surface area contributed by atoms with Crippen LogP contribution in [0.5, 0.6) is 5.75 Å². The first-order valence-electron chi connectivity index (χ1n) is 8.70. The van der Waals surface area contributed by atoms with Crippen molar-refractivity contribution in [3.63, 3.8) is 0 Å². The van der Waals surface area contributed by atoms with Gasteiger partial charge in [0.25, 0.3) is 11.8 Å². The summed E-state index contributed by atoms with van der Waals surface area (Å²) < 4.78 is 10.8. The quantitative estimate of drug-likeness (QED) is 0.849. The molecule has 0 aromatic heterocycles. The van der Waals surface area contributed by atoms with Crippen LogP contribution in [-0.2, 0) is 16.1 Å². The Kier molecular flexibility index (Phi) is 4.58. The summed E-state index contributed by atoms with van der Waals surface area (Å²) in [5.41, 5.74) is 2.31. The first-order chi connectivity index (χ1) is 12.7. The Morgan fingerprint density at radius 3 is 2.69 bits per heavy atom. The number of morpholine rings is 1. The first kappa shape index (κ1) is 16.6. The lowest BCUT2D eigenvalue weighted by molar-refractivity contribution is -0.121. The SMILES string of the molecule is O=C(c1cccc(CN2C(=O)COc3ccccc32)c1)N1CCOCC1. The number of benzene rings is 2. The summed E-state index contributed by atoms with van der Waals surface area (Å²) in [4.78, 5) is 28.5. The first-order valence-corrected chi connectivity index (χ1v) is 8.70. The predicted molar refractivity (Wildman–Crippen MR) is 96.3 cm³/mol. The molecule has 6 nitrogen and oxygen atoms in total. The Morgan fingerprint density at radius 1 is 1.04 bits per heavy atom. The van der Waals surface area contributed by atoms with Crippen molar-refractivity contribution in [1.82, 2.24) is 4.90 Å². The molecule has 0 saturated carbocycles. The van der Waals surface area contributed by atoms with Crippen molar-refractivity contribution in [3.05, 3.63) is 59.7 Å². The molecule has 2 amide bonds. The molecule has 0 N–H and O–H groups in total. The number of nitrogens with zero attached hydrogens (tertiary/aromatic N) is 2. The van der Waals surface area contributed by atoms with E-state index in [9.17, 15) is 9.59 Å². The van der Waals surface area contributed by atoms with Gasteiger partial charge in [0.1, 0.15) is 5.75 Å². The summed E-state index contributed by atoms with van der Waals surface area (Å²) in [7, 11) is 0. The molecule has 134 valence electrons. The molecule has 0 aliphatic carbocycles. The maximum atomic E-state index is 12.7. The smallest absolute Gasteiger partial charge is 0.265 e. The average molecular weight is 352 g/mol. The van der Waals surface area contributed by atoms with E-state index >= 15 is 0 Å². The lowest BCUT2D eigenvalue weighted by Crippen LogP contribution is -2.40. The van der Waals surface area contributed by atoms with Crippen molar-refractivity contribution in [3.8, 4) is 5.75 Å². The van der Waals surface area contributed by atoms with E-state index in [1.807, 2.05) is 48.5 Å². The molecule has 2 heterocycles. The molecule has 0 atom stereocenters. The summed E-state index contributed by atoms with van der Waals surface area (Å²) in [5.74, 6) is 0.616. The molecule has 1 fully saturated rings. The van der Waals surface area contributed by atoms with Crippen molar-refractivity contribution < 1.29 is 19.1 Å². The molecule has 0 unspecified atom stereocenters. The third-order valence-corrected chi connectivity index (χ3v) is 4.62. The lowest BCUT2D eigenvalue weighted by Gasteiger charge is -2.29. The molecule has 1 saturated heterocycles. The maximum Gasteiger partial charge on any atom is 0.265 e. The number of hydrogen-bond acceptors (Lipinski definition) is 4. The van der Waals surface area contributed by atoms with E-state index in [0.717, 1.165) is 11.3 Å². The molecule has 0 bridgehead atoms. The van der Waals surface area contributed by atoms with Crippen LogP contribution in [0.15, 0.2) is 48.5 Å². The molecule has 2 aromatic rings. The number of carbonyl (C=O) groups excluding carboxylic acids is 2. The predicted octanol–water partition coefficient (Wildman–Crippen LogP) is 2.08. The second kappa shape index (κ2) is 7.17. The third-order valence-electron chi connectivity index (χ3n) is 4.62. The molecule has 0 spiro atoms. The Balaban J connectivity index is 1.56. The van der Waals surface area contributed by atoms with Gasteiger partial charge < -0.3 is 19.3 Å². The molecule has 0 radical (unpaired) electrons. The Labute approximate surface area is 151 Å². The number of carbonyl (C=O) groups is 2. The van der Waals surface area contributed by atoms with E-state index in [1.54, 1.807) is 9.80 Å². The van der Waals surface area contributed by atoms with Crippen LogP contribution >= 0.6 is 0 Å². The molecular weight excluding hydrogens is 332 g/mol. The van der Waals surface area contributed by atoms with Crippen LogP contribution < -0.4 is 9.64 Å². The molecule has 6 heteroatoms. The Morgan fingerprint density at radius 2 is 1.85 bits per heavy atom. The summed E-state index contributed by atoms with van der Waals surface area (Å²) in [5, 5.41) is 0. The van der Waals surface area contributed by atoms with Gasteiger partial charge in [-0.25, -0.2) is 0 Å². The average Bonchev–Trinajstić information content (AvgIpc) is 2.70. The van der Waals surface area contributed by atoms with E-state index in [2.05, 4.69) is 0 Å². The summed E-state index contributed by atoms with van der Waals surface area (Å²) in [6.07, 6.45) is 0. The van der Waals surface area contributed by atoms with Gasteiger partial charge in [-0.2, -0.15) is 0 Å². The van der Waals surface area contributed by atoms with Crippen LogP contribution in [0, 0.1) is 0 Å². The van der Waals surface area contributed by atoms with Crippen molar-refractivity contribution >= 4 is 17.5 Å². The van der Waals surface area contributed by atoms with Gasteiger partial charge in [0, 0.05) is 18.7 Å². The highest BCUT2D eigenvalue weighted by Crippen LogP contribution is 2.32. The highest BCUT2D eigenvalue weighted by atomic mass is 16.5. The van der Waals surface area contributed by atoms with Gasteiger partial charge >= 0.3 is 0 Å². The zero-order valence-electron chi connectivity index (χ0n) is 14.4. The number of hydrogen-bond donors (Lipinski definition) is 0. The van der Waals surface area contributed by atoms with Crippen LogP contribution in [0.3, 0.4) is 0 Å². The number of amides is 2. The minimum atomic E-state index is -0.0893. The fourth-order valence-corrected chi connectivity index (χ4v) is 3.26.